The summed E-state index contributed by atoms with van der Waals surface area (Å²) in [4.78, 5) is 22.4. The van der Waals surface area contributed by atoms with E-state index < -0.39 is 11.4 Å². The molecule has 1 fully saturated rings. The Morgan fingerprint density at radius 3 is 2.53 bits per heavy atom. The molecule has 0 heterocycles. The number of carboxylic acid groups (broad SMARTS) is 1. The van der Waals surface area contributed by atoms with Crippen molar-refractivity contribution in [2.24, 2.45) is 5.41 Å². The van der Waals surface area contributed by atoms with Crippen LogP contribution in [0, 0.1) is 5.41 Å². The summed E-state index contributed by atoms with van der Waals surface area (Å²) < 4.78 is 9.79. The summed E-state index contributed by atoms with van der Waals surface area (Å²) in [7, 11) is 1.55. The van der Waals surface area contributed by atoms with Crippen molar-refractivity contribution in [3.8, 4) is 0 Å². The minimum Gasteiger partial charge on any atom is -0.481 e. The molecule has 98 valence electrons. The van der Waals surface area contributed by atoms with Crippen molar-refractivity contribution in [1.29, 1.82) is 0 Å². The lowest BCUT2D eigenvalue weighted by molar-refractivity contribution is -0.154. The van der Waals surface area contributed by atoms with Crippen LogP contribution in [-0.4, -0.2) is 50.5 Å². The third kappa shape index (κ3) is 3.98. The standard InChI is InChI=1S/C11H19NO5/c1-16-5-6-17-7-9(13)12-8-11(10(14)15)3-2-4-11/h2-8H2,1H3,(H,12,13)(H,14,15). The largest absolute Gasteiger partial charge is 0.481 e. The summed E-state index contributed by atoms with van der Waals surface area (Å²) in [6.07, 6.45) is 2.17. The van der Waals surface area contributed by atoms with E-state index in [1.165, 1.54) is 0 Å². The predicted molar refractivity (Wildman–Crippen MR) is 59.6 cm³/mol. The molecular formula is C11H19NO5. The van der Waals surface area contributed by atoms with Gasteiger partial charge < -0.3 is 19.9 Å². The number of carbonyl (C=O) groups is 2. The lowest BCUT2D eigenvalue weighted by atomic mass is 9.69. The van der Waals surface area contributed by atoms with Gasteiger partial charge in [-0.15, -0.1) is 0 Å². The molecule has 1 aliphatic rings. The van der Waals surface area contributed by atoms with Crippen LogP contribution in [0.5, 0.6) is 0 Å². The van der Waals surface area contributed by atoms with Gasteiger partial charge in [0, 0.05) is 13.7 Å². The van der Waals surface area contributed by atoms with Crippen LogP contribution in [0.1, 0.15) is 19.3 Å². The summed E-state index contributed by atoms with van der Waals surface area (Å²) in [5.74, 6) is -1.11. The minimum atomic E-state index is -0.829. The van der Waals surface area contributed by atoms with E-state index in [1.807, 2.05) is 0 Å². The Kier molecular flexibility index (Phi) is 5.37. The van der Waals surface area contributed by atoms with Crippen molar-refractivity contribution < 1.29 is 24.2 Å². The van der Waals surface area contributed by atoms with Crippen LogP contribution in [0.25, 0.3) is 0 Å². The van der Waals surface area contributed by atoms with Crippen LogP contribution in [0.3, 0.4) is 0 Å². The summed E-state index contributed by atoms with van der Waals surface area (Å²) >= 11 is 0. The maximum Gasteiger partial charge on any atom is 0.311 e. The van der Waals surface area contributed by atoms with Gasteiger partial charge >= 0.3 is 5.97 Å². The third-order valence-electron chi connectivity index (χ3n) is 3.05. The first-order valence-corrected chi connectivity index (χ1v) is 5.67. The SMILES string of the molecule is COCCOCC(=O)NCC1(C(=O)O)CCC1. The normalized spacial score (nSPS) is 17.2. The van der Waals surface area contributed by atoms with Crippen molar-refractivity contribution in [3.05, 3.63) is 0 Å². The molecule has 6 nitrogen and oxygen atoms in total. The van der Waals surface area contributed by atoms with Crippen LogP contribution < -0.4 is 5.32 Å². The van der Waals surface area contributed by atoms with Crippen molar-refractivity contribution in [3.63, 3.8) is 0 Å². The number of rotatable bonds is 8. The highest BCUT2D eigenvalue weighted by atomic mass is 16.5. The molecule has 17 heavy (non-hydrogen) atoms. The van der Waals surface area contributed by atoms with E-state index in [0.29, 0.717) is 26.1 Å². The first-order valence-electron chi connectivity index (χ1n) is 5.67. The molecule has 0 aliphatic heterocycles. The Bertz CT molecular complexity index is 275. The molecule has 2 N–H and O–H groups in total. The Morgan fingerprint density at radius 2 is 2.06 bits per heavy atom. The van der Waals surface area contributed by atoms with Gasteiger partial charge in [0.25, 0.3) is 0 Å². The summed E-state index contributed by atoms with van der Waals surface area (Å²) in [5.41, 5.74) is -0.748. The third-order valence-corrected chi connectivity index (χ3v) is 3.05. The van der Waals surface area contributed by atoms with Crippen LogP contribution >= 0.6 is 0 Å². The number of hydrogen-bond acceptors (Lipinski definition) is 4. The quantitative estimate of drug-likeness (QED) is 0.589. The van der Waals surface area contributed by atoms with Crippen molar-refractivity contribution in [2.45, 2.75) is 19.3 Å². The van der Waals surface area contributed by atoms with Crippen LogP contribution in [0.2, 0.25) is 0 Å². The van der Waals surface area contributed by atoms with E-state index in [9.17, 15) is 9.59 Å². The number of aliphatic carboxylic acids is 1. The lowest BCUT2D eigenvalue weighted by Crippen LogP contribution is -2.48. The molecule has 1 aliphatic carbocycles. The van der Waals surface area contributed by atoms with Gasteiger partial charge in [0.2, 0.25) is 5.91 Å². The van der Waals surface area contributed by atoms with Gasteiger partial charge in [-0.2, -0.15) is 0 Å². The zero-order chi connectivity index (χ0) is 12.7. The van der Waals surface area contributed by atoms with Crippen LogP contribution in [0.4, 0.5) is 0 Å². The number of methoxy groups -OCH3 is 1. The molecule has 0 atom stereocenters. The highest BCUT2D eigenvalue weighted by Gasteiger charge is 2.44. The topological polar surface area (TPSA) is 84.9 Å². The second kappa shape index (κ2) is 6.56. The maximum atomic E-state index is 11.3. The van der Waals surface area contributed by atoms with Gasteiger partial charge in [-0.1, -0.05) is 6.42 Å². The molecule has 0 aromatic heterocycles. The number of ether oxygens (including phenoxy) is 2. The van der Waals surface area contributed by atoms with Gasteiger partial charge in [0.05, 0.1) is 18.6 Å². The first-order chi connectivity index (χ1) is 8.10. The van der Waals surface area contributed by atoms with E-state index in [-0.39, 0.29) is 19.1 Å². The number of carbonyl (C=O) groups excluding carboxylic acids is 1. The fraction of sp³-hybridized carbons (Fsp3) is 0.818. The van der Waals surface area contributed by atoms with Crippen LogP contribution in [0.15, 0.2) is 0 Å². The maximum absolute atomic E-state index is 11.3. The van der Waals surface area contributed by atoms with Gasteiger partial charge in [0.15, 0.2) is 0 Å². The second-order valence-electron chi connectivity index (χ2n) is 4.26. The summed E-state index contributed by atoms with van der Waals surface area (Å²) in [6, 6.07) is 0. The Morgan fingerprint density at radius 1 is 1.35 bits per heavy atom. The van der Waals surface area contributed by atoms with Crippen molar-refractivity contribution in [2.75, 3.05) is 33.5 Å². The molecular weight excluding hydrogens is 226 g/mol. The molecule has 1 rings (SSSR count). The van der Waals surface area contributed by atoms with E-state index >= 15 is 0 Å². The summed E-state index contributed by atoms with van der Waals surface area (Å²) in [5, 5.41) is 11.6. The fourth-order valence-electron chi connectivity index (χ4n) is 1.70. The molecule has 1 amide bonds. The predicted octanol–water partition coefficient (Wildman–Crippen LogP) is 0.0205. The average Bonchev–Trinajstić information content (AvgIpc) is 2.22. The number of amides is 1. The molecule has 0 aromatic rings. The van der Waals surface area contributed by atoms with Crippen molar-refractivity contribution in [1.82, 2.24) is 5.32 Å². The molecule has 0 unspecified atom stereocenters. The lowest BCUT2D eigenvalue weighted by Gasteiger charge is -2.37. The van der Waals surface area contributed by atoms with Gasteiger partial charge in [0.1, 0.15) is 6.61 Å². The van der Waals surface area contributed by atoms with E-state index in [4.69, 9.17) is 14.6 Å². The van der Waals surface area contributed by atoms with E-state index in [0.717, 1.165) is 6.42 Å². The minimum absolute atomic E-state index is 0.0565. The van der Waals surface area contributed by atoms with Gasteiger partial charge in [-0.3, -0.25) is 9.59 Å². The number of carboxylic acids is 1. The molecule has 1 saturated carbocycles. The zero-order valence-corrected chi connectivity index (χ0v) is 10.0. The number of nitrogens with one attached hydrogen (secondary N) is 1. The Labute approximate surface area is 100 Å². The van der Waals surface area contributed by atoms with Gasteiger partial charge in [-0.25, -0.2) is 0 Å². The Balaban J connectivity index is 2.16. The zero-order valence-electron chi connectivity index (χ0n) is 10.0. The molecule has 0 radical (unpaired) electrons. The molecule has 0 bridgehead atoms. The fourth-order valence-corrected chi connectivity index (χ4v) is 1.70. The monoisotopic (exact) mass is 245 g/mol. The Hall–Kier alpha value is -1.14. The molecule has 0 saturated heterocycles. The first kappa shape index (κ1) is 13.9. The molecule has 6 heteroatoms. The van der Waals surface area contributed by atoms with E-state index in [2.05, 4.69) is 5.32 Å². The highest BCUT2D eigenvalue weighted by Crippen LogP contribution is 2.40. The average molecular weight is 245 g/mol. The highest BCUT2D eigenvalue weighted by molar-refractivity contribution is 5.80. The molecule has 0 aromatic carbocycles. The van der Waals surface area contributed by atoms with Gasteiger partial charge in [-0.05, 0) is 12.8 Å². The number of hydrogen-bond donors (Lipinski definition) is 2. The van der Waals surface area contributed by atoms with Crippen LogP contribution in [-0.2, 0) is 19.1 Å². The molecule has 0 spiro atoms. The second-order valence-corrected chi connectivity index (χ2v) is 4.26. The van der Waals surface area contributed by atoms with E-state index in [1.54, 1.807) is 7.11 Å². The summed E-state index contributed by atoms with van der Waals surface area (Å²) in [6.45, 7) is 0.925. The van der Waals surface area contributed by atoms with Crippen molar-refractivity contribution >= 4 is 11.9 Å². The smallest absolute Gasteiger partial charge is 0.311 e.